The fourth-order valence-corrected chi connectivity index (χ4v) is 4.71. The molecule has 2 aromatic carbocycles. The molecule has 0 saturated carbocycles. The zero-order valence-electron chi connectivity index (χ0n) is 20.0. The van der Waals surface area contributed by atoms with E-state index in [1.165, 1.54) is 25.3 Å². The molecule has 1 aliphatic rings. The van der Waals surface area contributed by atoms with Gasteiger partial charge in [-0.3, -0.25) is 4.79 Å². The SMILES string of the molecule is COC(=O)CC1(C(=O)OC)CC(CCCCCn2cc(-c3ccccc3)c3cc(Cl)ccc32)=NO1. The van der Waals surface area contributed by atoms with Crippen LogP contribution in [0, 0.1) is 0 Å². The highest BCUT2D eigenvalue weighted by atomic mass is 35.5. The smallest absolute Gasteiger partial charge is 0.354 e. The first-order valence-corrected chi connectivity index (χ1v) is 12.1. The number of nitrogens with zero attached hydrogens (tertiary/aromatic N) is 2. The molecular formula is C27H29ClN2O5. The number of aryl methyl sites for hydroxylation is 1. The number of hydrogen-bond donors (Lipinski definition) is 0. The molecule has 8 heteroatoms. The Hall–Kier alpha value is -3.32. The molecule has 7 nitrogen and oxygen atoms in total. The first kappa shape index (κ1) is 24.8. The fourth-order valence-electron chi connectivity index (χ4n) is 4.54. The van der Waals surface area contributed by atoms with Crippen molar-refractivity contribution < 1.29 is 23.9 Å². The molecule has 0 spiro atoms. The fraction of sp³-hybridized carbons (Fsp3) is 0.370. The molecular weight excluding hydrogens is 468 g/mol. The number of carbonyl (C=O) groups excluding carboxylic acids is 2. The molecule has 0 N–H and O–H groups in total. The number of oxime groups is 1. The highest BCUT2D eigenvalue weighted by Gasteiger charge is 2.49. The molecule has 0 amide bonds. The van der Waals surface area contributed by atoms with Crippen LogP contribution in [-0.4, -0.2) is 42.0 Å². The molecule has 0 aliphatic carbocycles. The Morgan fingerprint density at radius 3 is 2.63 bits per heavy atom. The Morgan fingerprint density at radius 1 is 1.09 bits per heavy atom. The van der Waals surface area contributed by atoms with Gasteiger partial charge in [-0.15, -0.1) is 0 Å². The van der Waals surface area contributed by atoms with Crippen LogP contribution in [0.15, 0.2) is 59.9 Å². The van der Waals surface area contributed by atoms with Crippen LogP contribution >= 0.6 is 11.6 Å². The summed E-state index contributed by atoms with van der Waals surface area (Å²) in [7, 11) is 2.54. The Labute approximate surface area is 209 Å². The minimum absolute atomic E-state index is 0.225. The van der Waals surface area contributed by atoms with Crippen molar-refractivity contribution in [2.45, 2.75) is 50.7 Å². The molecule has 0 saturated heterocycles. The van der Waals surface area contributed by atoms with Crippen molar-refractivity contribution >= 4 is 40.2 Å². The van der Waals surface area contributed by atoms with E-state index in [2.05, 4.69) is 34.1 Å². The number of esters is 2. The number of fused-ring (bicyclic) bond motifs is 1. The maximum Gasteiger partial charge on any atom is 0.354 e. The number of aromatic nitrogens is 1. The first-order valence-electron chi connectivity index (χ1n) is 11.7. The zero-order valence-corrected chi connectivity index (χ0v) is 20.7. The van der Waals surface area contributed by atoms with Crippen LogP contribution in [0.3, 0.4) is 0 Å². The standard InChI is InChI=1S/C27H29ClN2O5/c1-33-25(31)17-27(26(32)34-2)16-21(29-35-27)11-7-4-8-14-30-18-23(19-9-5-3-6-10-19)22-15-20(28)12-13-24(22)30/h3,5-6,9-10,12-13,15,18H,4,7-8,11,14,16-17H2,1-2H3. The summed E-state index contributed by atoms with van der Waals surface area (Å²) >= 11 is 6.29. The summed E-state index contributed by atoms with van der Waals surface area (Å²) in [4.78, 5) is 29.4. The molecule has 0 bridgehead atoms. The summed E-state index contributed by atoms with van der Waals surface area (Å²) in [5.74, 6) is -1.16. The van der Waals surface area contributed by atoms with E-state index in [1.807, 2.05) is 30.3 Å². The van der Waals surface area contributed by atoms with E-state index >= 15 is 0 Å². The van der Waals surface area contributed by atoms with Crippen molar-refractivity contribution in [2.24, 2.45) is 5.16 Å². The number of benzene rings is 2. The number of methoxy groups -OCH3 is 2. The molecule has 0 fully saturated rings. The predicted octanol–water partition coefficient (Wildman–Crippen LogP) is 5.77. The molecule has 35 heavy (non-hydrogen) atoms. The highest BCUT2D eigenvalue weighted by molar-refractivity contribution is 6.31. The van der Waals surface area contributed by atoms with Gasteiger partial charge in [-0.2, -0.15) is 0 Å². The van der Waals surface area contributed by atoms with Gasteiger partial charge in [0.2, 0.25) is 5.60 Å². The molecule has 1 atom stereocenters. The monoisotopic (exact) mass is 496 g/mol. The van der Waals surface area contributed by atoms with Crippen molar-refractivity contribution in [2.75, 3.05) is 14.2 Å². The summed E-state index contributed by atoms with van der Waals surface area (Å²) in [5.41, 5.74) is 2.83. The average Bonchev–Trinajstić information content (AvgIpc) is 3.45. The van der Waals surface area contributed by atoms with Gasteiger partial charge < -0.3 is 18.9 Å². The quantitative estimate of drug-likeness (QED) is 0.263. The molecule has 3 aromatic rings. The van der Waals surface area contributed by atoms with E-state index in [-0.39, 0.29) is 12.8 Å². The second-order valence-corrected chi connectivity index (χ2v) is 9.18. The Balaban J connectivity index is 1.34. The van der Waals surface area contributed by atoms with Crippen LogP contribution in [0.2, 0.25) is 5.02 Å². The number of hydrogen-bond acceptors (Lipinski definition) is 6. The maximum absolute atomic E-state index is 12.3. The van der Waals surface area contributed by atoms with Gasteiger partial charge in [0.1, 0.15) is 0 Å². The van der Waals surface area contributed by atoms with Gasteiger partial charge in [-0.05, 0) is 43.0 Å². The lowest BCUT2D eigenvalue weighted by Crippen LogP contribution is -2.42. The minimum Gasteiger partial charge on any atom is -0.469 e. The molecule has 1 unspecified atom stereocenters. The van der Waals surface area contributed by atoms with E-state index in [0.717, 1.165) is 47.4 Å². The summed E-state index contributed by atoms with van der Waals surface area (Å²) in [5, 5.41) is 5.95. The van der Waals surface area contributed by atoms with Gasteiger partial charge in [0.05, 0.1) is 26.4 Å². The van der Waals surface area contributed by atoms with Crippen molar-refractivity contribution in [1.29, 1.82) is 0 Å². The van der Waals surface area contributed by atoms with Gasteiger partial charge in [-0.25, -0.2) is 4.79 Å². The summed E-state index contributed by atoms with van der Waals surface area (Å²) in [6.07, 6.45) is 5.76. The van der Waals surface area contributed by atoms with Gasteiger partial charge >= 0.3 is 11.9 Å². The number of carbonyl (C=O) groups is 2. The lowest BCUT2D eigenvalue weighted by atomic mass is 9.92. The zero-order chi connectivity index (χ0) is 24.8. The van der Waals surface area contributed by atoms with Crippen molar-refractivity contribution in [3.8, 4) is 11.1 Å². The summed E-state index contributed by atoms with van der Waals surface area (Å²) < 4.78 is 11.8. The number of halogens is 1. The maximum atomic E-state index is 12.3. The molecule has 4 rings (SSSR count). The molecule has 1 aliphatic heterocycles. The van der Waals surface area contributed by atoms with Crippen molar-refractivity contribution in [1.82, 2.24) is 4.57 Å². The molecule has 0 radical (unpaired) electrons. The predicted molar refractivity (Wildman–Crippen MR) is 135 cm³/mol. The molecule has 1 aromatic heterocycles. The molecule has 184 valence electrons. The van der Waals surface area contributed by atoms with Gasteiger partial charge in [0, 0.05) is 40.7 Å². The number of ether oxygens (including phenoxy) is 2. The first-order chi connectivity index (χ1) is 17.0. The Kier molecular flexibility index (Phi) is 7.76. The van der Waals surface area contributed by atoms with Crippen LogP contribution in [-0.2, 0) is 30.4 Å². The average molecular weight is 497 g/mol. The van der Waals surface area contributed by atoms with Gasteiger partial charge in [0.25, 0.3) is 0 Å². The van der Waals surface area contributed by atoms with E-state index in [1.54, 1.807) is 0 Å². The van der Waals surface area contributed by atoms with Crippen molar-refractivity contribution in [3.63, 3.8) is 0 Å². The third-order valence-electron chi connectivity index (χ3n) is 6.35. The number of unbranched alkanes of at least 4 members (excludes halogenated alkanes) is 2. The van der Waals surface area contributed by atoms with Crippen molar-refractivity contribution in [3.05, 3.63) is 59.8 Å². The summed E-state index contributed by atoms with van der Waals surface area (Å²) in [6, 6.07) is 16.3. The lowest BCUT2D eigenvalue weighted by molar-refractivity contribution is -0.173. The summed E-state index contributed by atoms with van der Waals surface area (Å²) in [6.45, 7) is 0.877. The third kappa shape index (κ3) is 5.51. The number of rotatable bonds is 10. The molecule has 2 heterocycles. The van der Waals surface area contributed by atoms with E-state index in [4.69, 9.17) is 25.9 Å². The lowest BCUT2D eigenvalue weighted by Gasteiger charge is -2.22. The van der Waals surface area contributed by atoms with E-state index in [0.29, 0.717) is 6.42 Å². The second kappa shape index (κ2) is 11.0. The highest BCUT2D eigenvalue weighted by Crippen LogP contribution is 2.33. The van der Waals surface area contributed by atoms with Crippen LogP contribution < -0.4 is 0 Å². The van der Waals surface area contributed by atoms with Crippen LogP contribution in [0.1, 0.15) is 38.5 Å². The van der Waals surface area contributed by atoms with E-state index < -0.39 is 17.5 Å². The largest absolute Gasteiger partial charge is 0.469 e. The van der Waals surface area contributed by atoms with Crippen LogP contribution in [0.25, 0.3) is 22.0 Å². The normalized spacial score (nSPS) is 17.2. The topological polar surface area (TPSA) is 79.1 Å². The van der Waals surface area contributed by atoms with Crippen LogP contribution in [0.4, 0.5) is 0 Å². The van der Waals surface area contributed by atoms with E-state index in [9.17, 15) is 9.59 Å². The third-order valence-corrected chi connectivity index (χ3v) is 6.58. The Bertz CT molecular complexity index is 1240. The second-order valence-electron chi connectivity index (χ2n) is 8.74. The van der Waals surface area contributed by atoms with Gasteiger partial charge in [0.15, 0.2) is 0 Å². The minimum atomic E-state index is -1.42. The van der Waals surface area contributed by atoms with Gasteiger partial charge in [-0.1, -0.05) is 53.5 Å². The Morgan fingerprint density at radius 2 is 1.89 bits per heavy atom. The van der Waals surface area contributed by atoms with Crippen LogP contribution in [0.5, 0.6) is 0 Å².